The van der Waals surface area contributed by atoms with E-state index >= 15 is 0 Å². The van der Waals surface area contributed by atoms with Crippen LogP contribution in [0.5, 0.6) is 0 Å². The molecule has 3 nitrogen and oxygen atoms in total. The molecule has 4 rings (SSSR count). The van der Waals surface area contributed by atoms with E-state index in [1.165, 1.54) is 11.3 Å². The lowest BCUT2D eigenvalue weighted by Crippen LogP contribution is -2.48. The van der Waals surface area contributed by atoms with Gasteiger partial charge in [-0.2, -0.15) is 0 Å². The quantitative estimate of drug-likeness (QED) is 0.816. The average Bonchev–Trinajstić information content (AvgIpc) is 2.85. The smallest absolute Gasteiger partial charge is 0.237 e. The highest BCUT2D eigenvalue weighted by Crippen LogP contribution is 2.48. The van der Waals surface area contributed by atoms with Gasteiger partial charge in [0.1, 0.15) is 0 Å². The fourth-order valence-corrected chi connectivity index (χ4v) is 4.32. The standard InChI is InChI=1S/C20H21ClN2O/c1-2-23-18-6-4-3-5-17(18)20(19(23)24)11-13-22(14-12-20)16-9-7-15(21)8-10-16/h3-10H,2,11-14H2,1H3. The van der Waals surface area contributed by atoms with Crippen LogP contribution in [0.2, 0.25) is 5.02 Å². The Labute approximate surface area is 147 Å². The van der Waals surface area contributed by atoms with Crippen LogP contribution in [0.3, 0.4) is 0 Å². The third-order valence-corrected chi connectivity index (χ3v) is 5.74. The molecule has 1 amide bonds. The largest absolute Gasteiger partial charge is 0.371 e. The van der Waals surface area contributed by atoms with Crippen molar-refractivity contribution in [2.75, 3.05) is 29.4 Å². The second-order valence-electron chi connectivity index (χ2n) is 6.61. The zero-order valence-electron chi connectivity index (χ0n) is 13.8. The number of carbonyl (C=O) groups excluding carboxylic acids is 1. The summed E-state index contributed by atoms with van der Waals surface area (Å²) in [6, 6.07) is 16.3. The van der Waals surface area contributed by atoms with Crippen LogP contribution in [0.4, 0.5) is 11.4 Å². The fraction of sp³-hybridized carbons (Fsp3) is 0.350. The van der Waals surface area contributed by atoms with E-state index in [-0.39, 0.29) is 11.3 Å². The number of carbonyl (C=O) groups is 1. The lowest BCUT2D eigenvalue weighted by Gasteiger charge is -2.39. The van der Waals surface area contributed by atoms with Crippen LogP contribution >= 0.6 is 11.6 Å². The summed E-state index contributed by atoms with van der Waals surface area (Å²) < 4.78 is 0. The van der Waals surface area contributed by atoms with Crippen molar-refractivity contribution in [1.29, 1.82) is 0 Å². The Bertz CT molecular complexity index is 763. The lowest BCUT2D eigenvalue weighted by atomic mass is 9.73. The topological polar surface area (TPSA) is 23.6 Å². The summed E-state index contributed by atoms with van der Waals surface area (Å²) in [7, 11) is 0. The number of amides is 1. The zero-order chi connectivity index (χ0) is 16.7. The van der Waals surface area contributed by atoms with E-state index in [4.69, 9.17) is 11.6 Å². The first-order valence-electron chi connectivity index (χ1n) is 8.58. The second kappa shape index (κ2) is 5.82. The van der Waals surface area contributed by atoms with Crippen molar-refractivity contribution >= 4 is 28.9 Å². The second-order valence-corrected chi connectivity index (χ2v) is 7.05. The highest BCUT2D eigenvalue weighted by molar-refractivity contribution is 6.30. The van der Waals surface area contributed by atoms with Gasteiger partial charge in [-0.05, 0) is 55.7 Å². The number of fused-ring (bicyclic) bond motifs is 2. The first-order chi connectivity index (χ1) is 11.7. The third kappa shape index (κ3) is 2.22. The number of likely N-dealkylation sites (N-methyl/N-ethyl adjacent to an activating group) is 1. The molecule has 0 saturated carbocycles. The number of hydrogen-bond acceptors (Lipinski definition) is 2. The molecule has 1 spiro atoms. The van der Waals surface area contributed by atoms with Gasteiger partial charge in [0.2, 0.25) is 5.91 Å². The van der Waals surface area contributed by atoms with Crippen LogP contribution in [0, 0.1) is 0 Å². The highest BCUT2D eigenvalue weighted by Gasteiger charge is 2.51. The summed E-state index contributed by atoms with van der Waals surface area (Å²) in [5.41, 5.74) is 3.16. The van der Waals surface area contributed by atoms with Crippen molar-refractivity contribution in [2.45, 2.75) is 25.2 Å². The Morgan fingerprint density at radius 1 is 1.04 bits per heavy atom. The van der Waals surface area contributed by atoms with Crippen molar-refractivity contribution in [2.24, 2.45) is 0 Å². The van der Waals surface area contributed by atoms with Gasteiger partial charge in [-0.15, -0.1) is 0 Å². The van der Waals surface area contributed by atoms with Crippen LogP contribution in [0.25, 0.3) is 0 Å². The summed E-state index contributed by atoms with van der Waals surface area (Å²) in [4.78, 5) is 17.5. The Morgan fingerprint density at radius 2 is 1.71 bits per heavy atom. The van der Waals surface area contributed by atoms with E-state index in [9.17, 15) is 4.79 Å². The number of para-hydroxylation sites is 1. The Hall–Kier alpha value is -2.00. The molecule has 24 heavy (non-hydrogen) atoms. The van der Waals surface area contributed by atoms with Gasteiger partial charge in [0, 0.05) is 36.0 Å². The number of nitrogens with zero attached hydrogens (tertiary/aromatic N) is 2. The van der Waals surface area contributed by atoms with Gasteiger partial charge < -0.3 is 9.80 Å². The van der Waals surface area contributed by atoms with Crippen LogP contribution in [0.1, 0.15) is 25.3 Å². The molecule has 0 aliphatic carbocycles. The van der Waals surface area contributed by atoms with Crippen LogP contribution in [-0.2, 0) is 10.2 Å². The van der Waals surface area contributed by atoms with Crippen molar-refractivity contribution in [3.05, 3.63) is 59.1 Å². The predicted octanol–water partition coefficient (Wildman–Crippen LogP) is 4.24. The molecule has 124 valence electrons. The number of piperidine rings is 1. The minimum atomic E-state index is -0.338. The van der Waals surface area contributed by atoms with Crippen LogP contribution < -0.4 is 9.80 Å². The van der Waals surface area contributed by atoms with Crippen molar-refractivity contribution < 1.29 is 4.79 Å². The molecule has 0 N–H and O–H groups in total. The fourth-order valence-electron chi connectivity index (χ4n) is 4.19. The van der Waals surface area contributed by atoms with Crippen molar-refractivity contribution in [1.82, 2.24) is 0 Å². The van der Waals surface area contributed by atoms with Gasteiger partial charge in [0.15, 0.2) is 0 Å². The Kier molecular flexibility index (Phi) is 3.76. The minimum absolute atomic E-state index is 0.280. The number of anilines is 2. The molecule has 1 saturated heterocycles. The monoisotopic (exact) mass is 340 g/mol. The molecule has 0 aromatic heterocycles. The molecule has 0 radical (unpaired) electrons. The molecule has 2 aliphatic heterocycles. The Morgan fingerprint density at radius 3 is 2.38 bits per heavy atom. The maximum absolute atomic E-state index is 13.1. The average molecular weight is 341 g/mol. The summed E-state index contributed by atoms with van der Waals surface area (Å²) in [5.74, 6) is 0.280. The summed E-state index contributed by atoms with van der Waals surface area (Å²) in [6.45, 7) is 4.56. The molecule has 2 aromatic carbocycles. The van der Waals surface area contributed by atoms with Crippen LogP contribution in [-0.4, -0.2) is 25.5 Å². The van der Waals surface area contributed by atoms with E-state index in [0.29, 0.717) is 0 Å². The first kappa shape index (κ1) is 15.5. The first-order valence-corrected chi connectivity index (χ1v) is 8.95. The van der Waals surface area contributed by atoms with Crippen molar-refractivity contribution in [3.8, 4) is 0 Å². The number of benzene rings is 2. The zero-order valence-corrected chi connectivity index (χ0v) is 14.6. The normalized spacial score (nSPS) is 19.0. The molecule has 2 aliphatic rings. The van der Waals surface area contributed by atoms with E-state index in [2.05, 4.69) is 42.2 Å². The SMILES string of the molecule is CCN1C(=O)C2(CCN(c3ccc(Cl)cc3)CC2)c2ccccc21. The lowest BCUT2D eigenvalue weighted by molar-refractivity contribution is -0.123. The summed E-state index contributed by atoms with van der Waals surface area (Å²) in [6.07, 6.45) is 1.73. The van der Waals surface area contributed by atoms with E-state index < -0.39 is 0 Å². The molecular weight excluding hydrogens is 320 g/mol. The molecule has 0 bridgehead atoms. The Balaban J connectivity index is 1.62. The van der Waals surface area contributed by atoms with Gasteiger partial charge in [0.05, 0.1) is 5.41 Å². The molecule has 2 aromatic rings. The maximum Gasteiger partial charge on any atom is 0.237 e. The predicted molar refractivity (Wildman–Crippen MR) is 99.0 cm³/mol. The molecule has 2 heterocycles. The van der Waals surface area contributed by atoms with Gasteiger partial charge in [-0.25, -0.2) is 0 Å². The summed E-state index contributed by atoms with van der Waals surface area (Å²) in [5, 5.41) is 0.755. The molecule has 0 atom stereocenters. The molecule has 0 unspecified atom stereocenters. The van der Waals surface area contributed by atoms with E-state index in [0.717, 1.165) is 43.2 Å². The molecular formula is C20H21ClN2O. The number of halogens is 1. The van der Waals surface area contributed by atoms with Gasteiger partial charge in [0.25, 0.3) is 0 Å². The number of rotatable bonds is 2. The maximum atomic E-state index is 13.1. The van der Waals surface area contributed by atoms with Gasteiger partial charge >= 0.3 is 0 Å². The highest BCUT2D eigenvalue weighted by atomic mass is 35.5. The van der Waals surface area contributed by atoms with Crippen LogP contribution in [0.15, 0.2) is 48.5 Å². The van der Waals surface area contributed by atoms with Gasteiger partial charge in [-0.1, -0.05) is 29.8 Å². The van der Waals surface area contributed by atoms with Crippen molar-refractivity contribution in [3.63, 3.8) is 0 Å². The molecule has 4 heteroatoms. The van der Waals surface area contributed by atoms with E-state index in [1.54, 1.807) is 0 Å². The molecule has 1 fully saturated rings. The minimum Gasteiger partial charge on any atom is -0.371 e. The number of hydrogen-bond donors (Lipinski definition) is 0. The van der Waals surface area contributed by atoms with E-state index in [1.807, 2.05) is 23.1 Å². The third-order valence-electron chi connectivity index (χ3n) is 5.49. The summed E-state index contributed by atoms with van der Waals surface area (Å²) >= 11 is 5.99. The van der Waals surface area contributed by atoms with Gasteiger partial charge in [-0.3, -0.25) is 4.79 Å².